The molecule has 0 saturated carbocycles. The van der Waals surface area contributed by atoms with E-state index in [1.54, 1.807) is 19.1 Å². The van der Waals surface area contributed by atoms with Gasteiger partial charge in [0.15, 0.2) is 0 Å². The molecule has 2 rings (SSSR count). The number of esters is 1. The van der Waals surface area contributed by atoms with E-state index in [1.807, 2.05) is 31.2 Å². The molecule has 0 unspecified atom stereocenters. The first-order valence-electron chi connectivity index (χ1n) is 8.39. The van der Waals surface area contributed by atoms with Crippen LogP contribution in [0.15, 0.2) is 40.8 Å². The monoisotopic (exact) mass is 331 g/mol. The number of rotatable bonds is 10. The summed E-state index contributed by atoms with van der Waals surface area (Å²) in [7, 11) is 0. The number of furan rings is 1. The zero-order valence-corrected chi connectivity index (χ0v) is 14.3. The molecular weight excluding hydrogens is 306 g/mol. The first-order chi connectivity index (χ1) is 11.7. The third kappa shape index (κ3) is 5.51. The minimum Gasteiger partial charge on any atom is -0.462 e. The number of hydrogen-bond acceptors (Lipinski definition) is 5. The molecule has 0 radical (unpaired) electrons. The second kappa shape index (κ2) is 9.90. The number of hydrogen-bond donors (Lipinski definition) is 1. The van der Waals surface area contributed by atoms with E-state index in [0.29, 0.717) is 18.7 Å². The molecule has 1 aromatic heterocycles. The molecule has 0 aliphatic heterocycles. The molecule has 5 nitrogen and oxygen atoms in total. The van der Waals surface area contributed by atoms with Crippen LogP contribution in [0.25, 0.3) is 11.3 Å². The number of nitrogens with one attached hydrogen (secondary N) is 1. The fourth-order valence-electron chi connectivity index (χ4n) is 2.27. The molecule has 5 heteroatoms. The van der Waals surface area contributed by atoms with Crippen LogP contribution in [0.2, 0.25) is 0 Å². The molecule has 0 atom stereocenters. The first-order valence-corrected chi connectivity index (χ1v) is 8.39. The molecule has 2 aromatic rings. The number of benzene rings is 1. The third-order valence-corrected chi connectivity index (χ3v) is 3.49. The highest BCUT2D eigenvalue weighted by atomic mass is 16.5. The van der Waals surface area contributed by atoms with Crippen molar-refractivity contribution < 1.29 is 18.7 Å². The molecule has 0 aliphatic carbocycles. The maximum Gasteiger partial charge on any atom is 0.338 e. The molecule has 0 aliphatic rings. The fourth-order valence-corrected chi connectivity index (χ4v) is 2.27. The predicted molar refractivity (Wildman–Crippen MR) is 92.9 cm³/mol. The number of carbonyl (C=O) groups excluding carboxylic acids is 1. The molecule has 0 saturated heterocycles. The lowest BCUT2D eigenvalue weighted by Crippen LogP contribution is -2.15. The molecule has 1 aromatic carbocycles. The number of carbonyl (C=O) groups is 1. The average molecular weight is 331 g/mol. The summed E-state index contributed by atoms with van der Waals surface area (Å²) < 4.78 is 16.1. The lowest BCUT2D eigenvalue weighted by atomic mass is 10.1. The van der Waals surface area contributed by atoms with Crippen LogP contribution < -0.4 is 5.32 Å². The summed E-state index contributed by atoms with van der Waals surface area (Å²) in [6, 6.07) is 11.1. The lowest BCUT2D eigenvalue weighted by Gasteiger charge is -2.04. The Hall–Kier alpha value is -2.11. The Balaban J connectivity index is 1.85. The molecule has 24 heavy (non-hydrogen) atoms. The maximum atomic E-state index is 11.6. The molecular formula is C19H25NO4. The molecule has 0 spiro atoms. The van der Waals surface area contributed by atoms with Crippen LogP contribution in [0.1, 0.15) is 36.4 Å². The van der Waals surface area contributed by atoms with E-state index in [4.69, 9.17) is 13.9 Å². The molecule has 0 bridgehead atoms. The fraction of sp³-hybridized carbons (Fsp3) is 0.421. The summed E-state index contributed by atoms with van der Waals surface area (Å²) in [5.41, 5.74) is 1.48. The Labute approximate surface area is 143 Å². The van der Waals surface area contributed by atoms with Crippen molar-refractivity contribution in [2.24, 2.45) is 0 Å². The van der Waals surface area contributed by atoms with Gasteiger partial charge in [-0.1, -0.05) is 12.1 Å². The molecule has 0 amide bonds. The smallest absolute Gasteiger partial charge is 0.338 e. The van der Waals surface area contributed by atoms with Crippen LogP contribution in [0, 0.1) is 0 Å². The summed E-state index contributed by atoms with van der Waals surface area (Å²) in [6.07, 6.45) is 0.983. The Morgan fingerprint density at radius 1 is 1.08 bits per heavy atom. The minimum atomic E-state index is -0.305. The molecule has 130 valence electrons. The van der Waals surface area contributed by atoms with E-state index in [9.17, 15) is 4.79 Å². The zero-order valence-electron chi connectivity index (χ0n) is 14.3. The quantitative estimate of drug-likeness (QED) is 0.532. The average Bonchev–Trinajstić information content (AvgIpc) is 3.07. The van der Waals surface area contributed by atoms with Crippen molar-refractivity contribution in [3.63, 3.8) is 0 Å². The van der Waals surface area contributed by atoms with Gasteiger partial charge >= 0.3 is 5.97 Å². The van der Waals surface area contributed by atoms with Crippen molar-refractivity contribution >= 4 is 5.97 Å². The largest absolute Gasteiger partial charge is 0.462 e. The second-order valence-electron chi connectivity index (χ2n) is 5.29. The van der Waals surface area contributed by atoms with Crippen LogP contribution in [0.3, 0.4) is 0 Å². The van der Waals surface area contributed by atoms with Gasteiger partial charge in [-0.15, -0.1) is 0 Å². The highest BCUT2D eigenvalue weighted by Gasteiger charge is 2.08. The summed E-state index contributed by atoms with van der Waals surface area (Å²) in [5.74, 6) is 1.37. The standard InChI is InChI=1S/C19H25NO4/c1-3-22-13-5-12-20-14-17-10-11-18(24-17)15-6-8-16(9-7-15)19(21)23-4-2/h6-11,20H,3-5,12-14H2,1-2H3. The van der Waals surface area contributed by atoms with Gasteiger partial charge in [0, 0.05) is 18.8 Å². The second-order valence-corrected chi connectivity index (χ2v) is 5.29. The summed E-state index contributed by atoms with van der Waals surface area (Å²) in [5, 5.41) is 3.33. The molecule has 0 fully saturated rings. The summed E-state index contributed by atoms with van der Waals surface area (Å²) >= 11 is 0. The van der Waals surface area contributed by atoms with E-state index >= 15 is 0 Å². The van der Waals surface area contributed by atoms with Gasteiger partial charge < -0.3 is 19.2 Å². The molecule has 1 N–H and O–H groups in total. The topological polar surface area (TPSA) is 60.7 Å². The predicted octanol–water partition coefficient (Wildman–Crippen LogP) is 3.64. The van der Waals surface area contributed by atoms with Crippen LogP contribution in [0.5, 0.6) is 0 Å². The molecule has 1 heterocycles. The van der Waals surface area contributed by atoms with Crippen LogP contribution in [-0.4, -0.2) is 32.3 Å². The number of ether oxygens (including phenoxy) is 2. The highest BCUT2D eigenvalue weighted by Crippen LogP contribution is 2.22. The Kier molecular flexibility index (Phi) is 7.52. The summed E-state index contributed by atoms with van der Waals surface area (Å²) in [4.78, 5) is 11.6. The van der Waals surface area contributed by atoms with Crippen molar-refractivity contribution in [2.45, 2.75) is 26.8 Å². The van der Waals surface area contributed by atoms with E-state index in [0.717, 1.165) is 43.3 Å². The van der Waals surface area contributed by atoms with Gasteiger partial charge in [-0.2, -0.15) is 0 Å². The van der Waals surface area contributed by atoms with Crippen molar-refractivity contribution in [1.29, 1.82) is 0 Å². The van der Waals surface area contributed by atoms with Crippen molar-refractivity contribution in [3.05, 3.63) is 47.7 Å². The van der Waals surface area contributed by atoms with Crippen molar-refractivity contribution in [3.8, 4) is 11.3 Å². The third-order valence-electron chi connectivity index (χ3n) is 3.49. The summed E-state index contributed by atoms with van der Waals surface area (Å²) in [6.45, 7) is 7.28. The van der Waals surface area contributed by atoms with Crippen LogP contribution in [0.4, 0.5) is 0 Å². The van der Waals surface area contributed by atoms with Gasteiger partial charge in [-0.3, -0.25) is 0 Å². The van der Waals surface area contributed by atoms with E-state index in [-0.39, 0.29) is 5.97 Å². The Morgan fingerprint density at radius 2 is 1.88 bits per heavy atom. The van der Waals surface area contributed by atoms with Gasteiger partial charge in [0.2, 0.25) is 0 Å². The normalized spacial score (nSPS) is 10.8. The zero-order chi connectivity index (χ0) is 17.2. The van der Waals surface area contributed by atoms with Gasteiger partial charge in [0.05, 0.1) is 18.7 Å². The Bertz CT molecular complexity index is 619. The first kappa shape index (κ1) is 18.2. The van der Waals surface area contributed by atoms with Gasteiger partial charge in [-0.05, 0) is 51.1 Å². The van der Waals surface area contributed by atoms with Gasteiger partial charge in [0.1, 0.15) is 11.5 Å². The lowest BCUT2D eigenvalue weighted by molar-refractivity contribution is 0.0526. The van der Waals surface area contributed by atoms with Crippen LogP contribution >= 0.6 is 0 Å². The minimum absolute atomic E-state index is 0.305. The SMILES string of the molecule is CCOCCCNCc1ccc(-c2ccc(C(=O)OCC)cc2)o1. The van der Waals surface area contributed by atoms with Crippen LogP contribution in [-0.2, 0) is 16.0 Å². The van der Waals surface area contributed by atoms with E-state index in [1.165, 1.54) is 0 Å². The van der Waals surface area contributed by atoms with Crippen molar-refractivity contribution in [1.82, 2.24) is 5.32 Å². The van der Waals surface area contributed by atoms with E-state index < -0.39 is 0 Å². The Morgan fingerprint density at radius 3 is 2.58 bits per heavy atom. The maximum absolute atomic E-state index is 11.6. The van der Waals surface area contributed by atoms with Gasteiger partial charge in [0.25, 0.3) is 0 Å². The highest BCUT2D eigenvalue weighted by molar-refractivity contribution is 5.89. The van der Waals surface area contributed by atoms with Gasteiger partial charge in [-0.25, -0.2) is 4.79 Å². The van der Waals surface area contributed by atoms with Crippen molar-refractivity contribution in [2.75, 3.05) is 26.4 Å². The van der Waals surface area contributed by atoms with E-state index in [2.05, 4.69) is 5.32 Å².